The molecule has 0 saturated carbocycles. The summed E-state index contributed by atoms with van der Waals surface area (Å²) in [6.45, 7) is 3.95. The normalized spacial score (nSPS) is 12.0. The fourth-order valence-corrected chi connectivity index (χ4v) is 0.836. The summed E-state index contributed by atoms with van der Waals surface area (Å²) in [4.78, 5) is 0. The number of rotatable bonds is 3. The predicted molar refractivity (Wildman–Crippen MR) is 36.3 cm³/mol. The molecule has 0 saturated heterocycles. The first-order valence-electron chi connectivity index (χ1n) is 2.53. The molecule has 0 aliphatic heterocycles. The molecule has 3 radical (unpaired) electrons. The Morgan fingerprint density at radius 3 is 2.25 bits per heavy atom. The molecule has 3 heteroatoms. The van der Waals surface area contributed by atoms with E-state index in [0.29, 0.717) is 5.88 Å². The van der Waals surface area contributed by atoms with Gasteiger partial charge < -0.3 is 4.43 Å². The fraction of sp³-hybridized carbons (Fsp3) is 1.00. The van der Waals surface area contributed by atoms with Crippen molar-refractivity contribution in [3.05, 3.63) is 0 Å². The zero-order chi connectivity index (χ0) is 6.62. The first kappa shape index (κ1) is 8.47. The molecule has 0 aromatic rings. The lowest BCUT2D eigenvalue weighted by Crippen LogP contribution is -2.23. The quantitative estimate of drug-likeness (QED) is 0.437. The minimum absolute atomic E-state index is 0.126. The SMILES string of the molecule is CC(C)(CCCl)O[Si]. The van der Waals surface area contributed by atoms with Crippen LogP contribution in [0.5, 0.6) is 0 Å². The maximum absolute atomic E-state index is 5.46. The van der Waals surface area contributed by atoms with Crippen LogP contribution in [-0.2, 0) is 4.43 Å². The van der Waals surface area contributed by atoms with Crippen molar-refractivity contribution in [1.29, 1.82) is 0 Å². The Hall–Kier alpha value is 0.467. The van der Waals surface area contributed by atoms with Crippen LogP contribution >= 0.6 is 11.6 Å². The molecule has 0 fully saturated rings. The second-order valence-corrected chi connectivity index (χ2v) is 2.88. The molecule has 8 heavy (non-hydrogen) atoms. The summed E-state index contributed by atoms with van der Waals surface area (Å²) in [6.07, 6.45) is 0.859. The van der Waals surface area contributed by atoms with E-state index in [-0.39, 0.29) is 5.60 Å². The van der Waals surface area contributed by atoms with E-state index in [2.05, 4.69) is 10.5 Å². The summed E-state index contributed by atoms with van der Waals surface area (Å²) in [5.74, 6) is 0.636. The van der Waals surface area contributed by atoms with Crippen molar-refractivity contribution in [1.82, 2.24) is 0 Å². The molecule has 0 heterocycles. The maximum Gasteiger partial charge on any atom is 0.246 e. The van der Waals surface area contributed by atoms with Crippen LogP contribution in [0.4, 0.5) is 0 Å². The van der Waals surface area contributed by atoms with E-state index in [1.807, 2.05) is 13.8 Å². The molecule has 0 aromatic heterocycles. The minimum atomic E-state index is -0.126. The first-order chi connectivity index (χ1) is 3.62. The van der Waals surface area contributed by atoms with Gasteiger partial charge in [-0.2, -0.15) is 0 Å². The van der Waals surface area contributed by atoms with Crippen molar-refractivity contribution in [3.8, 4) is 0 Å². The topological polar surface area (TPSA) is 9.23 Å². The van der Waals surface area contributed by atoms with Gasteiger partial charge in [0.05, 0.1) is 5.60 Å². The third-order valence-electron chi connectivity index (χ3n) is 0.973. The molecular formula is C5H10ClOSi. The highest BCUT2D eigenvalue weighted by Crippen LogP contribution is 2.12. The van der Waals surface area contributed by atoms with Crippen molar-refractivity contribution >= 4 is 22.1 Å². The van der Waals surface area contributed by atoms with Crippen molar-refractivity contribution in [2.45, 2.75) is 25.9 Å². The van der Waals surface area contributed by atoms with Crippen molar-refractivity contribution in [2.24, 2.45) is 0 Å². The van der Waals surface area contributed by atoms with Crippen LogP contribution in [0.1, 0.15) is 20.3 Å². The lowest BCUT2D eigenvalue weighted by Gasteiger charge is -2.21. The molecule has 0 aliphatic rings. The van der Waals surface area contributed by atoms with Gasteiger partial charge >= 0.3 is 0 Å². The summed E-state index contributed by atoms with van der Waals surface area (Å²) >= 11 is 5.46. The average molecular weight is 150 g/mol. The van der Waals surface area contributed by atoms with Gasteiger partial charge in [0.15, 0.2) is 0 Å². The van der Waals surface area contributed by atoms with Crippen LogP contribution < -0.4 is 0 Å². The largest absolute Gasteiger partial charge is 0.414 e. The molecule has 1 nitrogen and oxygen atoms in total. The first-order valence-corrected chi connectivity index (χ1v) is 3.47. The lowest BCUT2D eigenvalue weighted by atomic mass is 10.1. The molecule has 0 aromatic carbocycles. The molecule has 0 N–H and O–H groups in total. The maximum atomic E-state index is 5.46. The third kappa shape index (κ3) is 3.47. The monoisotopic (exact) mass is 149 g/mol. The van der Waals surface area contributed by atoms with E-state index < -0.39 is 0 Å². The number of alkyl halides is 1. The summed E-state index contributed by atoms with van der Waals surface area (Å²) in [5, 5.41) is 0. The molecule has 0 aliphatic carbocycles. The van der Waals surface area contributed by atoms with Crippen molar-refractivity contribution in [2.75, 3.05) is 5.88 Å². The zero-order valence-electron chi connectivity index (χ0n) is 5.20. The molecule has 0 bridgehead atoms. The molecule has 0 atom stereocenters. The number of hydrogen-bond acceptors (Lipinski definition) is 1. The average Bonchev–Trinajstić information content (AvgIpc) is 1.67. The van der Waals surface area contributed by atoms with Crippen molar-refractivity contribution < 1.29 is 4.43 Å². The zero-order valence-corrected chi connectivity index (χ0v) is 6.96. The third-order valence-corrected chi connectivity index (χ3v) is 1.71. The van der Waals surface area contributed by atoms with E-state index in [4.69, 9.17) is 16.0 Å². The molecular weight excluding hydrogens is 140 g/mol. The Kier molecular flexibility index (Phi) is 3.69. The van der Waals surface area contributed by atoms with Crippen molar-refractivity contribution in [3.63, 3.8) is 0 Å². The van der Waals surface area contributed by atoms with Crippen LogP contribution in [-0.4, -0.2) is 22.0 Å². The van der Waals surface area contributed by atoms with Gasteiger partial charge in [-0.15, -0.1) is 11.6 Å². The van der Waals surface area contributed by atoms with E-state index in [1.54, 1.807) is 0 Å². The standard InChI is InChI=1S/C5H10ClOSi/c1-5(2,7-8)3-4-6/h3-4H2,1-2H3. The molecule has 0 amide bonds. The van der Waals surface area contributed by atoms with Crippen LogP contribution in [0.3, 0.4) is 0 Å². The van der Waals surface area contributed by atoms with Gasteiger partial charge in [-0.25, -0.2) is 0 Å². The van der Waals surface area contributed by atoms with Gasteiger partial charge in [0.2, 0.25) is 10.5 Å². The minimum Gasteiger partial charge on any atom is -0.414 e. The highest BCUT2D eigenvalue weighted by molar-refractivity contribution is 6.17. The summed E-state index contributed by atoms with van der Waals surface area (Å²) in [5.41, 5.74) is -0.126. The van der Waals surface area contributed by atoms with Crippen LogP contribution in [0.2, 0.25) is 0 Å². The Balaban J connectivity index is 3.37. The Morgan fingerprint density at radius 1 is 1.62 bits per heavy atom. The molecule has 0 rings (SSSR count). The van der Waals surface area contributed by atoms with Gasteiger partial charge in [0.1, 0.15) is 0 Å². The van der Waals surface area contributed by atoms with Gasteiger partial charge in [0.25, 0.3) is 0 Å². The summed E-state index contributed by atoms with van der Waals surface area (Å²) in [6, 6.07) is 0. The highest BCUT2D eigenvalue weighted by atomic mass is 35.5. The Morgan fingerprint density at radius 2 is 2.12 bits per heavy atom. The highest BCUT2D eigenvalue weighted by Gasteiger charge is 2.13. The molecule has 0 spiro atoms. The van der Waals surface area contributed by atoms with Gasteiger partial charge in [-0.05, 0) is 20.3 Å². The van der Waals surface area contributed by atoms with Crippen LogP contribution in [0.15, 0.2) is 0 Å². The molecule has 47 valence electrons. The number of hydrogen-bond donors (Lipinski definition) is 0. The second kappa shape index (κ2) is 3.48. The van der Waals surface area contributed by atoms with Crippen LogP contribution in [0.25, 0.3) is 0 Å². The van der Waals surface area contributed by atoms with E-state index in [1.165, 1.54) is 0 Å². The molecule has 0 unspecified atom stereocenters. The Labute approximate surface area is 58.9 Å². The van der Waals surface area contributed by atoms with Gasteiger partial charge in [-0.3, -0.25) is 0 Å². The van der Waals surface area contributed by atoms with Gasteiger partial charge in [0, 0.05) is 5.88 Å². The van der Waals surface area contributed by atoms with E-state index in [9.17, 15) is 0 Å². The lowest BCUT2D eigenvalue weighted by molar-refractivity contribution is 0.120. The summed E-state index contributed by atoms with van der Waals surface area (Å²) < 4.78 is 4.90. The summed E-state index contributed by atoms with van der Waals surface area (Å²) in [7, 11) is 2.96. The fourth-order valence-electron chi connectivity index (χ4n) is 0.279. The second-order valence-electron chi connectivity index (χ2n) is 2.30. The van der Waals surface area contributed by atoms with Gasteiger partial charge in [-0.1, -0.05) is 0 Å². The number of halogens is 1. The predicted octanol–water partition coefficient (Wildman–Crippen LogP) is 1.49. The van der Waals surface area contributed by atoms with Crippen LogP contribution in [0, 0.1) is 0 Å². The van der Waals surface area contributed by atoms with E-state index in [0.717, 1.165) is 6.42 Å². The Bertz CT molecular complexity index is 65.4. The smallest absolute Gasteiger partial charge is 0.246 e. The van der Waals surface area contributed by atoms with E-state index >= 15 is 0 Å².